The van der Waals surface area contributed by atoms with E-state index in [4.69, 9.17) is 0 Å². The van der Waals surface area contributed by atoms with Crippen LogP contribution in [0.2, 0.25) is 0 Å². The molecule has 0 heterocycles. The maximum absolute atomic E-state index is 10.3. The first-order valence-electron chi connectivity index (χ1n) is 5.91. The zero-order valence-electron chi connectivity index (χ0n) is 10.7. The van der Waals surface area contributed by atoms with E-state index in [9.17, 15) is 5.11 Å². The molecule has 15 heavy (non-hydrogen) atoms. The minimum absolute atomic E-state index is 0.159. The van der Waals surface area contributed by atoms with Crippen LogP contribution < -0.4 is 0 Å². The van der Waals surface area contributed by atoms with Crippen molar-refractivity contribution in [3.63, 3.8) is 0 Å². The number of hydrogen-bond acceptors (Lipinski definition) is 1. The van der Waals surface area contributed by atoms with Crippen molar-refractivity contribution < 1.29 is 5.11 Å². The van der Waals surface area contributed by atoms with Gasteiger partial charge in [-0.15, -0.1) is 0 Å². The molecule has 1 rings (SSSR count). The number of rotatable bonds is 2. The lowest BCUT2D eigenvalue weighted by Crippen LogP contribution is -2.29. The first-order chi connectivity index (χ1) is 6.90. The summed E-state index contributed by atoms with van der Waals surface area (Å²) in [4.78, 5) is 0. The third-order valence-corrected chi connectivity index (χ3v) is 3.70. The Morgan fingerprint density at radius 3 is 2.53 bits per heavy atom. The predicted molar refractivity (Wildman–Crippen MR) is 65.8 cm³/mol. The van der Waals surface area contributed by atoms with Gasteiger partial charge in [-0.3, -0.25) is 0 Å². The highest BCUT2D eigenvalue weighted by molar-refractivity contribution is 5.32. The molecule has 1 nitrogen and oxygen atoms in total. The highest BCUT2D eigenvalue weighted by Crippen LogP contribution is 2.42. The highest BCUT2D eigenvalue weighted by atomic mass is 16.3. The predicted octanol–water partition coefficient (Wildman–Crippen LogP) is 3.84. The van der Waals surface area contributed by atoms with Gasteiger partial charge >= 0.3 is 0 Å². The summed E-state index contributed by atoms with van der Waals surface area (Å²) in [5.41, 5.74) is 3.87. The van der Waals surface area contributed by atoms with Crippen molar-refractivity contribution in [2.45, 2.75) is 60.0 Å². The van der Waals surface area contributed by atoms with Gasteiger partial charge in [0.15, 0.2) is 0 Å². The molecule has 1 atom stereocenters. The summed E-state index contributed by atoms with van der Waals surface area (Å²) in [5.74, 6) is 0. The second-order valence-electron chi connectivity index (χ2n) is 5.37. The third kappa shape index (κ3) is 2.52. The maximum atomic E-state index is 10.3. The Bertz CT molecular complexity index is 294. The van der Waals surface area contributed by atoms with Crippen LogP contribution in [0, 0.1) is 5.41 Å². The Kier molecular flexibility index (Phi) is 3.77. The fourth-order valence-corrected chi connectivity index (χ4v) is 2.63. The molecule has 0 aliphatic heterocycles. The van der Waals surface area contributed by atoms with Gasteiger partial charge in [-0.05, 0) is 56.6 Å². The Balaban J connectivity index is 3.09. The van der Waals surface area contributed by atoms with E-state index in [1.807, 2.05) is 19.9 Å². The number of aliphatic hydroxyl groups excluding tert-OH is 1. The molecule has 86 valence electrons. The van der Waals surface area contributed by atoms with Gasteiger partial charge in [0.25, 0.3) is 0 Å². The van der Waals surface area contributed by atoms with Crippen LogP contribution in [0.3, 0.4) is 0 Å². The molecule has 1 aliphatic rings. The Morgan fingerprint density at radius 2 is 2.07 bits per heavy atom. The zero-order valence-corrected chi connectivity index (χ0v) is 10.7. The monoisotopic (exact) mass is 208 g/mol. The minimum atomic E-state index is -0.370. The van der Waals surface area contributed by atoms with Crippen LogP contribution in [0.5, 0.6) is 0 Å². The average molecular weight is 208 g/mol. The van der Waals surface area contributed by atoms with Crippen molar-refractivity contribution in [3.05, 3.63) is 22.8 Å². The van der Waals surface area contributed by atoms with Crippen LogP contribution in [-0.2, 0) is 0 Å². The molecule has 0 bridgehead atoms. The normalized spacial score (nSPS) is 24.3. The van der Waals surface area contributed by atoms with Crippen molar-refractivity contribution in [3.8, 4) is 0 Å². The number of aliphatic hydroxyl groups is 1. The first-order valence-corrected chi connectivity index (χ1v) is 5.91. The Morgan fingerprint density at radius 1 is 1.47 bits per heavy atom. The molecular weight excluding hydrogens is 184 g/mol. The summed E-state index contributed by atoms with van der Waals surface area (Å²) >= 11 is 0. The topological polar surface area (TPSA) is 20.2 Å². The lowest BCUT2D eigenvalue weighted by Gasteiger charge is -2.37. The molecule has 0 aromatic heterocycles. The van der Waals surface area contributed by atoms with Gasteiger partial charge in [0.2, 0.25) is 0 Å². The van der Waals surface area contributed by atoms with E-state index in [0.29, 0.717) is 0 Å². The second kappa shape index (κ2) is 4.52. The standard InChI is InChI=1S/C14H24O/c1-6-10(2)13(15)12-11(3)8-7-9-14(12,4)5/h6,13,15H,7-9H2,1-5H3/b10-6+. The first kappa shape index (κ1) is 12.5. The third-order valence-electron chi connectivity index (χ3n) is 3.70. The SMILES string of the molecule is C/C=C(\C)C(O)C1=C(C)CCCC1(C)C. The quantitative estimate of drug-likeness (QED) is 0.684. The summed E-state index contributed by atoms with van der Waals surface area (Å²) < 4.78 is 0. The van der Waals surface area contributed by atoms with Crippen LogP contribution in [0.15, 0.2) is 22.8 Å². The molecule has 0 saturated carbocycles. The lowest BCUT2D eigenvalue weighted by molar-refractivity contribution is 0.197. The van der Waals surface area contributed by atoms with E-state index in [-0.39, 0.29) is 11.5 Å². The van der Waals surface area contributed by atoms with E-state index < -0.39 is 0 Å². The molecule has 0 radical (unpaired) electrons. The Labute approximate surface area is 93.9 Å². The van der Waals surface area contributed by atoms with E-state index in [1.165, 1.54) is 24.0 Å². The van der Waals surface area contributed by atoms with Crippen LogP contribution in [0.25, 0.3) is 0 Å². The van der Waals surface area contributed by atoms with Gasteiger partial charge in [-0.1, -0.05) is 25.5 Å². The van der Waals surface area contributed by atoms with Gasteiger partial charge in [-0.25, -0.2) is 0 Å². The van der Waals surface area contributed by atoms with E-state index >= 15 is 0 Å². The van der Waals surface area contributed by atoms with Crippen molar-refractivity contribution in [1.82, 2.24) is 0 Å². The fourth-order valence-electron chi connectivity index (χ4n) is 2.63. The molecule has 1 unspecified atom stereocenters. The summed E-state index contributed by atoms with van der Waals surface area (Å²) in [6.07, 6.45) is 5.23. The summed E-state index contributed by atoms with van der Waals surface area (Å²) in [5, 5.41) is 10.3. The van der Waals surface area contributed by atoms with Crippen molar-refractivity contribution in [1.29, 1.82) is 0 Å². The van der Waals surface area contributed by atoms with E-state index in [2.05, 4.69) is 20.8 Å². The number of allylic oxidation sites excluding steroid dienone is 2. The molecule has 0 spiro atoms. The van der Waals surface area contributed by atoms with Gasteiger partial charge in [0, 0.05) is 0 Å². The molecule has 0 amide bonds. The molecule has 0 aromatic rings. The van der Waals surface area contributed by atoms with Crippen molar-refractivity contribution in [2.75, 3.05) is 0 Å². The van der Waals surface area contributed by atoms with Gasteiger partial charge in [0.05, 0.1) is 6.10 Å². The zero-order chi connectivity index (χ0) is 11.6. The van der Waals surface area contributed by atoms with E-state index in [1.54, 1.807) is 0 Å². The molecule has 1 aliphatic carbocycles. The van der Waals surface area contributed by atoms with Gasteiger partial charge in [0.1, 0.15) is 0 Å². The average Bonchev–Trinajstić information content (AvgIpc) is 2.14. The number of hydrogen-bond donors (Lipinski definition) is 1. The van der Waals surface area contributed by atoms with Gasteiger partial charge < -0.3 is 5.11 Å². The molecule has 0 aromatic carbocycles. The largest absolute Gasteiger partial charge is 0.384 e. The summed E-state index contributed by atoms with van der Waals surface area (Å²) in [7, 11) is 0. The van der Waals surface area contributed by atoms with Crippen LogP contribution in [0.1, 0.15) is 53.9 Å². The molecule has 1 heteroatoms. The minimum Gasteiger partial charge on any atom is -0.384 e. The van der Waals surface area contributed by atoms with Crippen molar-refractivity contribution in [2.24, 2.45) is 5.41 Å². The molecule has 0 fully saturated rings. The molecule has 0 saturated heterocycles. The highest BCUT2D eigenvalue weighted by Gasteiger charge is 2.32. The molecule has 1 N–H and O–H groups in total. The van der Waals surface area contributed by atoms with Gasteiger partial charge in [-0.2, -0.15) is 0 Å². The van der Waals surface area contributed by atoms with Crippen LogP contribution in [-0.4, -0.2) is 11.2 Å². The summed E-state index contributed by atoms with van der Waals surface area (Å²) in [6, 6.07) is 0. The lowest BCUT2D eigenvalue weighted by atomic mass is 9.69. The van der Waals surface area contributed by atoms with Crippen molar-refractivity contribution >= 4 is 0 Å². The molecular formula is C14H24O. The van der Waals surface area contributed by atoms with E-state index in [0.717, 1.165) is 12.0 Å². The summed E-state index contributed by atoms with van der Waals surface area (Å²) in [6.45, 7) is 10.7. The Hall–Kier alpha value is -0.560. The fraction of sp³-hybridized carbons (Fsp3) is 0.714. The maximum Gasteiger partial charge on any atom is 0.0965 e. The van der Waals surface area contributed by atoms with Crippen LogP contribution in [0.4, 0.5) is 0 Å². The second-order valence-corrected chi connectivity index (χ2v) is 5.37. The smallest absolute Gasteiger partial charge is 0.0965 e. The van der Waals surface area contributed by atoms with Crippen LogP contribution >= 0.6 is 0 Å².